The summed E-state index contributed by atoms with van der Waals surface area (Å²) in [6.07, 6.45) is -2.25. The van der Waals surface area contributed by atoms with Gasteiger partial charge in [-0.15, -0.1) is 11.8 Å². The lowest BCUT2D eigenvalue weighted by atomic mass is 9.88. The van der Waals surface area contributed by atoms with Gasteiger partial charge in [-0.25, -0.2) is 0 Å². The molecule has 2 aliphatic heterocycles. The Morgan fingerprint density at radius 3 is 2.39 bits per heavy atom. The third-order valence-electron chi connectivity index (χ3n) is 8.39. The summed E-state index contributed by atoms with van der Waals surface area (Å²) in [6.45, 7) is 5.57. The first-order chi connectivity index (χ1) is 19.2. The van der Waals surface area contributed by atoms with Gasteiger partial charge in [0.25, 0.3) is 17.3 Å². The van der Waals surface area contributed by atoms with Crippen LogP contribution < -0.4 is 20.3 Å². The van der Waals surface area contributed by atoms with Gasteiger partial charge in [-0.3, -0.25) is 14.4 Å². The first-order valence-electron chi connectivity index (χ1n) is 13.3. The van der Waals surface area contributed by atoms with Gasteiger partial charge in [-0.05, 0) is 57.9 Å². The molecule has 3 heterocycles. The Morgan fingerprint density at radius 1 is 1.17 bits per heavy atom. The van der Waals surface area contributed by atoms with Crippen LogP contribution >= 0.6 is 23.4 Å². The number of aromatic amines is 1. The highest BCUT2D eigenvalue weighted by Crippen LogP contribution is 2.59. The minimum absolute atomic E-state index is 0.0146. The Morgan fingerprint density at radius 2 is 1.80 bits per heavy atom. The van der Waals surface area contributed by atoms with Crippen LogP contribution in [-0.2, 0) is 11.3 Å². The smallest absolute Gasteiger partial charge is 0.403 e. The van der Waals surface area contributed by atoms with Crippen LogP contribution in [0.1, 0.15) is 59.8 Å². The molecule has 1 aromatic carbocycles. The fourth-order valence-corrected chi connectivity index (χ4v) is 6.64. The number of aryl methyl sites for hydroxylation is 1. The summed E-state index contributed by atoms with van der Waals surface area (Å²) in [7, 11) is 0. The average Bonchev–Trinajstić information content (AvgIpc) is 3.66. The van der Waals surface area contributed by atoms with E-state index in [4.69, 9.17) is 21.1 Å². The largest absolute Gasteiger partial charge is 0.448 e. The van der Waals surface area contributed by atoms with E-state index in [2.05, 4.69) is 10.3 Å². The van der Waals surface area contributed by atoms with Crippen LogP contribution in [0.25, 0.3) is 0 Å². The summed E-state index contributed by atoms with van der Waals surface area (Å²) in [6, 6.07) is 3.33. The molecule has 8 nitrogen and oxygen atoms in total. The van der Waals surface area contributed by atoms with Gasteiger partial charge in [0.1, 0.15) is 5.41 Å². The number of carbonyl (C=O) groups is 2. The van der Waals surface area contributed by atoms with Gasteiger partial charge in [0.05, 0.1) is 5.02 Å². The number of hydrogen-bond acceptors (Lipinski definition) is 6. The highest BCUT2D eigenvalue weighted by molar-refractivity contribution is 7.98. The van der Waals surface area contributed by atoms with Crippen molar-refractivity contribution in [1.29, 1.82) is 0 Å². The average molecular weight is 614 g/mol. The number of ether oxygens (including phenoxy) is 2. The van der Waals surface area contributed by atoms with Crippen molar-refractivity contribution in [3.8, 4) is 11.5 Å². The lowest BCUT2D eigenvalue weighted by molar-refractivity contribution is -0.200. The lowest BCUT2D eigenvalue weighted by Crippen LogP contribution is -2.52. The number of rotatable bonds is 6. The molecule has 0 radical (unpaired) electrons. The maximum absolute atomic E-state index is 13.5. The molecule has 2 N–H and O–H groups in total. The van der Waals surface area contributed by atoms with E-state index >= 15 is 0 Å². The number of pyridine rings is 1. The Hall–Kier alpha value is -2.86. The van der Waals surface area contributed by atoms with E-state index < -0.39 is 29.2 Å². The van der Waals surface area contributed by atoms with Crippen molar-refractivity contribution in [1.82, 2.24) is 15.2 Å². The molecule has 1 saturated heterocycles. The molecule has 1 aliphatic carbocycles. The van der Waals surface area contributed by atoms with E-state index in [0.717, 1.165) is 10.6 Å². The number of H-pyrrole nitrogens is 1. The number of likely N-dealkylation sites (tertiary alicyclic amines) is 1. The van der Waals surface area contributed by atoms with Crippen LogP contribution in [0, 0.1) is 25.2 Å². The number of carbonyl (C=O) groups excluding carboxylic acids is 2. The Labute approximate surface area is 244 Å². The molecule has 5 rings (SSSR count). The van der Waals surface area contributed by atoms with Crippen LogP contribution in [-0.4, -0.2) is 53.0 Å². The van der Waals surface area contributed by atoms with E-state index in [1.54, 1.807) is 20.8 Å². The zero-order valence-electron chi connectivity index (χ0n) is 23.1. The Balaban J connectivity index is 1.28. The van der Waals surface area contributed by atoms with Gasteiger partial charge in [0, 0.05) is 59.8 Å². The first-order valence-corrected chi connectivity index (χ1v) is 14.9. The van der Waals surface area contributed by atoms with Crippen molar-refractivity contribution >= 4 is 35.2 Å². The highest BCUT2D eigenvalue weighted by Gasteiger charge is 2.69. The topological polar surface area (TPSA) is 101 Å². The Bertz CT molecular complexity index is 1470. The van der Waals surface area contributed by atoms with Crippen LogP contribution in [0.4, 0.5) is 13.2 Å². The molecular weight excluding hydrogens is 583 g/mol. The molecule has 1 saturated carbocycles. The Kier molecular flexibility index (Phi) is 7.55. The number of benzene rings is 1. The molecule has 13 heteroatoms. The molecule has 2 fully saturated rings. The van der Waals surface area contributed by atoms with Gasteiger partial charge in [0.2, 0.25) is 5.91 Å². The van der Waals surface area contributed by atoms with Gasteiger partial charge >= 0.3 is 6.18 Å². The van der Waals surface area contributed by atoms with E-state index in [1.807, 2.05) is 12.3 Å². The molecule has 2 aromatic rings. The summed E-state index contributed by atoms with van der Waals surface area (Å²) in [5, 5.41) is 2.96. The van der Waals surface area contributed by atoms with Gasteiger partial charge in [-0.1, -0.05) is 11.6 Å². The van der Waals surface area contributed by atoms with Gasteiger partial charge in [0.15, 0.2) is 11.5 Å². The molecule has 41 heavy (non-hydrogen) atoms. The zero-order chi connectivity index (χ0) is 29.9. The van der Waals surface area contributed by atoms with Crippen molar-refractivity contribution in [3.05, 3.63) is 49.9 Å². The predicted molar refractivity (Wildman–Crippen MR) is 148 cm³/mol. The standard InChI is InChI=1S/C28H31ClF3N3O5S/c1-14-11-20(41-4)18(24(37)34-14)13-33-23(36)17-12-19(29)22-21(15(17)2)39-26(3,40-22)16-5-9-35(10-6-16)25(38)27(7-8-27)28(30,31)32/h11-12,16H,5-10,13H2,1-4H3,(H,33,36)(H,34,37)/t26-/m0/s1. The van der Waals surface area contributed by atoms with Crippen molar-refractivity contribution in [2.45, 2.75) is 69.9 Å². The molecule has 3 aliphatic rings. The maximum atomic E-state index is 13.5. The lowest BCUT2D eigenvalue weighted by Gasteiger charge is -2.40. The van der Waals surface area contributed by atoms with Gasteiger partial charge in [-0.2, -0.15) is 13.2 Å². The van der Waals surface area contributed by atoms with Crippen LogP contribution in [0.5, 0.6) is 11.5 Å². The van der Waals surface area contributed by atoms with Crippen LogP contribution in [0.3, 0.4) is 0 Å². The number of alkyl halides is 3. The number of halogens is 4. The number of hydrogen-bond donors (Lipinski definition) is 2. The molecule has 222 valence electrons. The second kappa shape index (κ2) is 10.4. The summed E-state index contributed by atoms with van der Waals surface area (Å²) >= 11 is 7.94. The minimum Gasteiger partial charge on any atom is -0.448 e. The van der Waals surface area contributed by atoms with Crippen molar-refractivity contribution in [2.75, 3.05) is 19.3 Å². The summed E-state index contributed by atoms with van der Waals surface area (Å²) in [5.74, 6) is -2.10. The molecule has 0 spiro atoms. The fraction of sp³-hybridized carbons (Fsp3) is 0.536. The molecule has 1 atom stereocenters. The van der Waals surface area contributed by atoms with Gasteiger partial charge < -0.3 is 24.7 Å². The second-order valence-electron chi connectivity index (χ2n) is 11.1. The highest BCUT2D eigenvalue weighted by atomic mass is 35.5. The second-order valence-corrected chi connectivity index (χ2v) is 12.3. The van der Waals surface area contributed by atoms with E-state index in [9.17, 15) is 27.6 Å². The minimum atomic E-state index is -4.54. The van der Waals surface area contributed by atoms with Crippen molar-refractivity contribution in [2.24, 2.45) is 11.3 Å². The number of aromatic nitrogens is 1. The summed E-state index contributed by atoms with van der Waals surface area (Å²) in [4.78, 5) is 43.2. The van der Waals surface area contributed by atoms with Crippen molar-refractivity contribution < 1.29 is 32.2 Å². The molecular formula is C28H31ClF3N3O5S. The number of amides is 2. The molecule has 0 unspecified atom stereocenters. The third-order valence-corrected chi connectivity index (χ3v) is 9.48. The van der Waals surface area contributed by atoms with Crippen LogP contribution in [0.15, 0.2) is 21.8 Å². The first kappa shape index (κ1) is 29.6. The van der Waals surface area contributed by atoms with Crippen molar-refractivity contribution in [3.63, 3.8) is 0 Å². The number of fused-ring (bicyclic) bond motifs is 1. The van der Waals surface area contributed by atoms with E-state index in [0.29, 0.717) is 29.7 Å². The number of piperidine rings is 1. The molecule has 1 aromatic heterocycles. The summed E-state index contributed by atoms with van der Waals surface area (Å²) < 4.78 is 52.8. The maximum Gasteiger partial charge on any atom is 0.403 e. The normalized spacial score (nSPS) is 21.6. The monoisotopic (exact) mass is 613 g/mol. The summed E-state index contributed by atoms with van der Waals surface area (Å²) in [5.41, 5.74) is -0.571. The predicted octanol–water partition coefficient (Wildman–Crippen LogP) is 5.37. The fourth-order valence-electron chi connectivity index (χ4n) is 5.70. The number of nitrogens with zero attached hydrogens (tertiary/aromatic N) is 1. The molecule has 0 bridgehead atoms. The quantitative estimate of drug-likeness (QED) is 0.425. The van der Waals surface area contributed by atoms with E-state index in [-0.39, 0.29) is 60.3 Å². The molecule has 2 amide bonds. The number of nitrogens with one attached hydrogen (secondary N) is 2. The SMILES string of the molecule is CSc1cc(C)[nH]c(=O)c1CNC(=O)c1cc(Cl)c2c(c1C)O[C@](C)(C1CCN(C(=O)C3(C(F)(F)F)CC3)CC1)O2. The van der Waals surface area contributed by atoms with Crippen LogP contribution in [0.2, 0.25) is 5.02 Å². The third kappa shape index (κ3) is 5.17. The number of thioether (sulfide) groups is 1. The zero-order valence-corrected chi connectivity index (χ0v) is 24.7. The van der Waals surface area contributed by atoms with E-state index in [1.165, 1.54) is 22.7 Å².